The monoisotopic (exact) mass is 406 g/mol. The normalized spacial score (nSPS) is 20.3. The Hall–Kier alpha value is -2.43. The summed E-state index contributed by atoms with van der Waals surface area (Å²) in [5.74, 6) is 0.799. The first kappa shape index (κ1) is 19.5. The Morgan fingerprint density at radius 2 is 1.53 bits per heavy atom. The first-order valence-electron chi connectivity index (χ1n) is 11.7. The van der Waals surface area contributed by atoms with Crippen molar-refractivity contribution >= 4 is 11.7 Å². The Bertz CT molecular complexity index is 918. The highest BCUT2D eigenvalue weighted by Gasteiger charge is 2.34. The number of aromatic nitrogens is 1. The quantitative estimate of drug-likeness (QED) is 0.665. The summed E-state index contributed by atoms with van der Waals surface area (Å²) in [5, 5.41) is 4.20. The van der Waals surface area contributed by atoms with E-state index in [9.17, 15) is 9.59 Å². The van der Waals surface area contributed by atoms with Crippen molar-refractivity contribution in [3.63, 3.8) is 0 Å². The van der Waals surface area contributed by atoms with E-state index < -0.39 is 0 Å². The van der Waals surface area contributed by atoms with Crippen LogP contribution < -0.4 is 0 Å². The van der Waals surface area contributed by atoms with E-state index in [0.717, 1.165) is 48.8 Å². The van der Waals surface area contributed by atoms with Crippen molar-refractivity contribution in [2.45, 2.75) is 89.1 Å². The first-order valence-corrected chi connectivity index (χ1v) is 11.7. The van der Waals surface area contributed by atoms with Crippen LogP contribution >= 0.6 is 0 Å². The van der Waals surface area contributed by atoms with Gasteiger partial charge in [0.05, 0.1) is 0 Å². The summed E-state index contributed by atoms with van der Waals surface area (Å²) in [5.41, 5.74) is 3.10. The molecule has 1 amide bonds. The van der Waals surface area contributed by atoms with Gasteiger partial charge in [0.15, 0.2) is 17.2 Å². The molecular formula is C25H30N2O3. The molecule has 5 heteroatoms. The first-order chi connectivity index (χ1) is 14.7. The third-order valence-electron chi connectivity index (χ3n) is 7.24. The smallest absolute Gasteiger partial charge is 0.276 e. The SMILES string of the molecule is O=C1CCc2c1cccc2-c1cc(C(=O)N(C2CCCCC2)C2CCCCC2)no1. The van der Waals surface area contributed by atoms with Crippen LogP contribution in [0, 0.1) is 0 Å². The molecule has 1 heterocycles. The van der Waals surface area contributed by atoms with Gasteiger partial charge in [-0.05, 0) is 37.7 Å². The summed E-state index contributed by atoms with van der Waals surface area (Å²) in [4.78, 5) is 27.9. The molecule has 3 aliphatic carbocycles. The molecule has 2 saturated carbocycles. The predicted molar refractivity (Wildman–Crippen MR) is 115 cm³/mol. The molecule has 1 aromatic heterocycles. The van der Waals surface area contributed by atoms with Crippen LogP contribution in [0.2, 0.25) is 0 Å². The van der Waals surface area contributed by atoms with E-state index in [4.69, 9.17) is 4.52 Å². The van der Waals surface area contributed by atoms with Crippen LogP contribution in [0.5, 0.6) is 0 Å². The molecule has 1 aromatic carbocycles. The molecule has 2 fully saturated rings. The number of carbonyl (C=O) groups is 2. The van der Waals surface area contributed by atoms with Crippen molar-refractivity contribution in [1.82, 2.24) is 10.1 Å². The van der Waals surface area contributed by atoms with Crippen molar-refractivity contribution in [2.24, 2.45) is 0 Å². The van der Waals surface area contributed by atoms with Crippen LogP contribution in [-0.2, 0) is 6.42 Å². The van der Waals surface area contributed by atoms with E-state index in [1.165, 1.54) is 38.5 Å². The Balaban J connectivity index is 1.44. The summed E-state index contributed by atoms with van der Waals surface area (Å²) in [6.07, 6.45) is 13.0. The van der Waals surface area contributed by atoms with E-state index in [1.54, 1.807) is 6.07 Å². The van der Waals surface area contributed by atoms with Crippen molar-refractivity contribution in [2.75, 3.05) is 0 Å². The van der Waals surface area contributed by atoms with E-state index in [1.807, 2.05) is 18.2 Å². The summed E-state index contributed by atoms with van der Waals surface area (Å²) in [6, 6.07) is 8.18. The molecule has 30 heavy (non-hydrogen) atoms. The Morgan fingerprint density at radius 3 is 2.20 bits per heavy atom. The van der Waals surface area contributed by atoms with Crippen molar-refractivity contribution in [3.8, 4) is 11.3 Å². The molecule has 5 rings (SSSR count). The zero-order valence-electron chi connectivity index (χ0n) is 17.6. The number of ketones is 1. The average molecular weight is 407 g/mol. The largest absolute Gasteiger partial charge is 0.355 e. The van der Waals surface area contributed by atoms with Gasteiger partial charge in [-0.1, -0.05) is 61.9 Å². The Kier molecular flexibility index (Phi) is 5.45. The van der Waals surface area contributed by atoms with E-state index in [0.29, 0.717) is 30.0 Å². The molecule has 5 nitrogen and oxygen atoms in total. The van der Waals surface area contributed by atoms with E-state index in [2.05, 4.69) is 10.1 Å². The molecule has 0 atom stereocenters. The second-order valence-corrected chi connectivity index (χ2v) is 9.13. The molecule has 0 unspecified atom stereocenters. The molecule has 0 aliphatic heterocycles. The second-order valence-electron chi connectivity index (χ2n) is 9.13. The van der Waals surface area contributed by atoms with Crippen LogP contribution in [0.25, 0.3) is 11.3 Å². The number of carbonyl (C=O) groups excluding carboxylic acids is 2. The number of rotatable bonds is 4. The number of Topliss-reactive ketones (excluding diaryl/α,β-unsaturated/α-hetero) is 1. The highest BCUT2D eigenvalue weighted by Crippen LogP contribution is 2.35. The molecule has 3 aliphatic rings. The summed E-state index contributed by atoms with van der Waals surface area (Å²) >= 11 is 0. The fourth-order valence-electron chi connectivity index (χ4n) is 5.70. The number of benzene rings is 1. The lowest BCUT2D eigenvalue weighted by Gasteiger charge is -2.41. The molecule has 0 bridgehead atoms. The number of hydrogen-bond donors (Lipinski definition) is 0. The average Bonchev–Trinajstić information content (AvgIpc) is 3.43. The van der Waals surface area contributed by atoms with Gasteiger partial charge in [-0.2, -0.15) is 0 Å². The van der Waals surface area contributed by atoms with Gasteiger partial charge in [-0.25, -0.2) is 0 Å². The highest BCUT2D eigenvalue weighted by atomic mass is 16.5. The maximum absolute atomic E-state index is 13.6. The second kappa shape index (κ2) is 8.37. The Morgan fingerprint density at radius 1 is 0.900 bits per heavy atom. The minimum atomic E-state index is 0.0208. The van der Waals surface area contributed by atoms with Crippen molar-refractivity contribution in [3.05, 3.63) is 41.1 Å². The molecule has 0 radical (unpaired) electrons. The van der Waals surface area contributed by atoms with Gasteiger partial charge in [-0.15, -0.1) is 0 Å². The number of nitrogens with zero attached hydrogens (tertiary/aromatic N) is 2. The summed E-state index contributed by atoms with van der Waals surface area (Å²) < 4.78 is 5.65. The van der Waals surface area contributed by atoms with Crippen LogP contribution in [0.1, 0.15) is 97.0 Å². The number of amides is 1. The van der Waals surface area contributed by atoms with Crippen LogP contribution in [0.4, 0.5) is 0 Å². The van der Waals surface area contributed by atoms with E-state index >= 15 is 0 Å². The molecule has 0 spiro atoms. The maximum Gasteiger partial charge on any atom is 0.276 e. The maximum atomic E-state index is 13.6. The van der Waals surface area contributed by atoms with Crippen LogP contribution in [0.3, 0.4) is 0 Å². The number of fused-ring (bicyclic) bond motifs is 1. The number of hydrogen-bond acceptors (Lipinski definition) is 4. The summed E-state index contributed by atoms with van der Waals surface area (Å²) in [6.45, 7) is 0. The Labute approximate surface area is 177 Å². The van der Waals surface area contributed by atoms with Gasteiger partial charge < -0.3 is 9.42 Å². The standard InChI is InChI=1S/C25H30N2O3/c28-23-15-14-19-20(23)12-7-13-21(19)24-16-22(26-30-24)25(29)27(17-8-3-1-4-9-17)18-10-5-2-6-11-18/h7,12-13,16-18H,1-6,8-11,14-15H2. The minimum Gasteiger partial charge on any atom is -0.355 e. The summed E-state index contributed by atoms with van der Waals surface area (Å²) in [7, 11) is 0. The third kappa shape index (κ3) is 3.59. The minimum absolute atomic E-state index is 0.0208. The van der Waals surface area contributed by atoms with Gasteiger partial charge in [0.25, 0.3) is 5.91 Å². The van der Waals surface area contributed by atoms with Gasteiger partial charge in [0.1, 0.15) is 0 Å². The lowest BCUT2D eigenvalue weighted by atomic mass is 9.88. The molecular weight excluding hydrogens is 376 g/mol. The fourth-order valence-corrected chi connectivity index (χ4v) is 5.70. The zero-order valence-corrected chi connectivity index (χ0v) is 17.6. The highest BCUT2D eigenvalue weighted by molar-refractivity contribution is 6.02. The molecule has 0 saturated heterocycles. The van der Waals surface area contributed by atoms with E-state index in [-0.39, 0.29) is 11.7 Å². The van der Waals surface area contributed by atoms with Gasteiger partial charge in [0.2, 0.25) is 0 Å². The van der Waals surface area contributed by atoms with Gasteiger partial charge in [0, 0.05) is 35.7 Å². The zero-order chi connectivity index (χ0) is 20.5. The molecule has 2 aromatic rings. The fraction of sp³-hybridized carbons (Fsp3) is 0.560. The van der Waals surface area contributed by atoms with Gasteiger partial charge in [-0.3, -0.25) is 9.59 Å². The van der Waals surface area contributed by atoms with Gasteiger partial charge >= 0.3 is 0 Å². The van der Waals surface area contributed by atoms with Crippen molar-refractivity contribution in [1.29, 1.82) is 0 Å². The van der Waals surface area contributed by atoms with Crippen LogP contribution in [-0.4, -0.2) is 33.8 Å². The third-order valence-corrected chi connectivity index (χ3v) is 7.24. The topological polar surface area (TPSA) is 63.4 Å². The van der Waals surface area contributed by atoms with Crippen LogP contribution in [0.15, 0.2) is 28.8 Å². The van der Waals surface area contributed by atoms with Crippen molar-refractivity contribution < 1.29 is 14.1 Å². The lowest BCUT2D eigenvalue weighted by Crippen LogP contribution is -2.48. The molecule has 158 valence electrons. The lowest BCUT2D eigenvalue weighted by molar-refractivity contribution is 0.0438. The molecule has 0 N–H and O–H groups in total. The predicted octanol–water partition coefficient (Wildman–Crippen LogP) is 5.58.